The third-order valence-electron chi connectivity index (χ3n) is 3.24. The van der Waals surface area contributed by atoms with Gasteiger partial charge in [-0.3, -0.25) is 0 Å². The Morgan fingerprint density at radius 1 is 1.10 bits per heavy atom. The summed E-state index contributed by atoms with van der Waals surface area (Å²) in [5.41, 5.74) is 2.02. The first-order chi connectivity index (χ1) is 10.3. The normalized spacial score (nSPS) is 16.8. The average Bonchev–Trinajstić information content (AvgIpc) is 2.93. The number of amides is 1. The Morgan fingerprint density at radius 2 is 1.86 bits per heavy atom. The van der Waals surface area contributed by atoms with Crippen molar-refractivity contribution in [2.24, 2.45) is 4.99 Å². The van der Waals surface area contributed by atoms with Crippen LogP contribution in [0.3, 0.4) is 0 Å². The maximum Gasteiger partial charge on any atom is 0.128 e. The van der Waals surface area contributed by atoms with Crippen molar-refractivity contribution < 1.29 is 14.3 Å². The lowest BCUT2D eigenvalue weighted by atomic mass is 10.1. The average molecular weight is 280 g/mol. The molecule has 106 valence electrons. The smallest absolute Gasteiger partial charge is 0.128 e. The molecule has 0 saturated heterocycles. The fourth-order valence-corrected chi connectivity index (χ4v) is 2.13. The van der Waals surface area contributed by atoms with Gasteiger partial charge in [0.2, 0.25) is 0 Å². The van der Waals surface area contributed by atoms with Crippen LogP contribution in [0.4, 0.5) is 0 Å². The van der Waals surface area contributed by atoms with Crippen LogP contribution in [0.5, 0.6) is 5.75 Å². The molecular formula is C17H14NO3-. The number of aliphatic imine (C=N–C) groups is 1. The maximum absolute atomic E-state index is 11.5. The van der Waals surface area contributed by atoms with E-state index >= 15 is 0 Å². The van der Waals surface area contributed by atoms with Gasteiger partial charge < -0.3 is 19.3 Å². The molecular weight excluding hydrogens is 266 g/mol. The summed E-state index contributed by atoms with van der Waals surface area (Å²) in [4.78, 5) is 15.0. The quantitative estimate of drug-likeness (QED) is 0.791. The van der Waals surface area contributed by atoms with Gasteiger partial charge in [0, 0.05) is 12.8 Å². The highest BCUT2D eigenvalue weighted by Gasteiger charge is 2.16. The zero-order chi connectivity index (χ0) is 14.5. The minimum Gasteiger partial charge on any atom is -0.577 e. The highest BCUT2D eigenvalue weighted by molar-refractivity contribution is 5.91. The van der Waals surface area contributed by atoms with Crippen LogP contribution in [0.25, 0.3) is 0 Å². The van der Waals surface area contributed by atoms with Crippen LogP contribution in [0, 0.1) is 0 Å². The van der Waals surface area contributed by atoms with E-state index in [0.29, 0.717) is 13.0 Å². The summed E-state index contributed by atoms with van der Waals surface area (Å²) in [5.74, 6) is 0.456. The predicted octanol–water partition coefficient (Wildman–Crippen LogP) is 2.64. The Balaban J connectivity index is 1.69. The fraction of sp³-hybridized carbons (Fsp3) is 0.176. The van der Waals surface area contributed by atoms with Gasteiger partial charge in [0.1, 0.15) is 18.3 Å². The largest absolute Gasteiger partial charge is 0.577 e. The van der Waals surface area contributed by atoms with E-state index in [0.717, 1.165) is 16.9 Å². The van der Waals surface area contributed by atoms with Crippen LogP contribution in [0.15, 0.2) is 59.6 Å². The van der Waals surface area contributed by atoms with Crippen molar-refractivity contribution >= 4 is 12.3 Å². The topological polar surface area (TPSA) is 47.9 Å². The van der Waals surface area contributed by atoms with E-state index in [-0.39, 0.29) is 5.91 Å². The summed E-state index contributed by atoms with van der Waals surface area (Å²) in [7, 11) is 0. The van der Waals surface area contributed by atoms with E-state index in [2.05, 4.69) is 11.4 Å². The van der Waals surface area contributed by atoms with Gasteiger partial charge in [-0.15, -0.1) is 0 Å². The van der Waals surface area contributed by atoms with Gasteiger partial charge >= 0.3 is 0 Å². The molecule has 2 aromatic carbocycles. The second kappa shape index (κ2) is 6.22. The molecule has 0 N–H and O–H groups in total. The molecule has 0 spiro atoms. The Morgan fingerprint density at radius 3 is 2.62 bits per heavy atom. The maximum atomic E-state index is 11.5. The molecule has 0 aromatic heterocycles. The SMILES string of the molecule is O=C1N=[C-]OC1Cc1ccccc1OCc1ccccc1. The summed E-state index contributed by atoms with van der Waals surface area (Å²) in [6.07, 6.45) is 2.09. The van der Waals surface area contributed by atoms with E-state index in [1.54, 1.807) is 0 Å². The number of ether oxygens (including phenoxy) is 2. The van der Waals surface area contributed by atoms with Crippen LogP contribution in [0.1, 0.15) is 11.1 Å². The van der Waals surface area contributed by atoms with Crippen LogP contribution in [-0.4, -0.2) is 18.4 Å². The van der Waals surface area contributed by atoms with Gasteiger partial charge in [0.15, 0.2) is 0 Å². The molecule has 2 aromatic rings. The predicted molar refractivity (Wildman–Crippen MR) is 78.2 cm³/mol. The van der Waals surface area contributed by atoms with E-state index in [1.165, 1.54) is 0 Å². The Kier molecular flexibility index (Phi) is 3.96. The fourth-order valence-electron chi connectivity index (χ4n) is 2.13. The van der Waals surface area contributed by atoms with Gasteiger partial charge in [0.05, 0.1) is 6.10 Å². The monoisotopic (exact) mass is 280 g/mol. The van der Waals surface area contributed by atoms with E-state index < -0.39 is 6.10 Å². The molecule has 1 heterocycles. The van der Waals surface area contributed by atoms with Gasteiger partial charge in [-0.1, -0.05) is 48.5 Å². The van der Waals surface area contributed by atoms with Gasteiger partial charge in [0.25, 0.3) is 0 Å². The Hall–Kier alpha value is -2.62. The van der Waals surface area contributed by atoms with Crippen molar-refractivity contribution in [2.75, 3.05) is 0 Å². The summed E-state index contributed by atoms with van der Waals surface area (Å²) >= 11 is 0. The minimum absolute atomic E-state index is 0.298. The van der Waals surface area contributed by atoms with Gasteiger partial charge in [-0.2, -0.15) is 0 Å². The molecule has 1 atom stereocenters. The molecule has 0 radical (unpaired) electrons. The molecule has 21 heavy (non-hydrogen) atoms. The summed E-state index contributed by atoms with van der Waals surface area (Å²) in [6.45, 7) is 0.486. The van der Waals surface area contributed by atoms with Crippen molar-refractivity contribution in [3.8, 4) is 5.75 Å². The van der Waals surface area contributed by atoms with E-state index in [9.17, 15) is 4.79 Å². The summed E-state index contributed by atoms with van der Waals surface area (Å²) in [6, 6.07) is 17.6. The lowest BCUT2D eigenvalue weighted by Crippen LogP contribution is -2.19. The summed E-state index contributed by atoms with van der Waals surface area (Å²) in [5, 5.41) is 0. The van der Waals surface area contributed by atoms with Crippen LogP contribution in [-0.2, 0) is 22.6 Å². The summed E-state index contributed by atoms with van der Waals surface area (Å²) < 4.78 is 10.9. The number of nitrogens with zero attached hydrogens (tertiary/aromatic N) is 1. The molecule has 4 heteroatoms. The highest BCUT2D eigenvalue weighted by atomic mass is 16.5. The molecule has 1 aliphatic rings. The second-order valence-electron chi connectivity index (χ2n) is 4.73. The van der Waals surface area contributed by atoms with Gasteiger partial charge in [-0.05, 0) is 17.2 Å². The Labute approximate surface area is 123 Å². The number of hydrogen-bond donors (Lipinski definition) is 0. The standard InChI is InChI=1S/C17H14NO3/c19-17-16(21-12-18-17)10-14-8-4-5-9-15(14)20-11-13-6-2-1-3-7-13/h1-9,16H,10-11H2/q-1. The Bertz CT molecular complexity index is 652. The number of benzene rings is 2. The molecule has 0 aliphatic carbocycles. The first-order valence-corrected chi connectivity index (χ1v) is 6.73. The van der Waals surface area contributed by atoms with Crippen molar-refractivity contribution in [1.82, 2.24) is 0 Å². The first-order valence-electron chi connectivity index (χ1n) is 6.73. The van der Waals surface area contributed by atoms with Gasteiger partial charge in [-0.25, -0.2) is 0 Å². The lowest BCUT2D eigenvalue weighted by molar-refractivity contribution is -0.122. The molecule has 1 aliphatic heterocycles. The van der Waals surface area contributed by atoms with Crippen LogP contribution >= 0.6 is 0 Å². The number of carbonyl (C=O) groups is 1. The van der Waals surface area contributed by atoms with Crippen molar-refractivity contribution in [3.63, 3.8) is 0 Å². The number of hydrogen-bond acceptors (Lipinski definition) is 3. The van der Waals surface area contributed by atoms with E-state index in [4.69, 9.17) is 9.47 Å². The lowest BCUT2D eigenvalue weighted by Gasteiger charge is -2.17. The molecule has 4 nitrogen and oxygen atoms in total. The molecule has 0 bridgehead atoms. The zero-order valence-corrected chi connectivity index (χ0v) is 11.4. The van der Waals surface area contributed by atoms with E-state index in [1.807, 2.05) is 54.6 Å². The molecule has 1 amide bonds. The molecule has 0 saturated carbocycles. The molecule has 0 fully saturated rings. The number of rotatable bonds is 5. The number of para-hydroxylation sites is 1. The third kappa shape index (κ3) is 3.28. The third-order valence-corrected chi connectivity index (χ3v) is 3.24. The van der Waals surface area contributed by atoms with Crippen LogP contribution in [0.2, 0.25) is 0 Å². The van der Waals surface area contributed by atoms with Crippen molar-refractivity contribution in [3.05, 3.63) is 65.7 Å². The first kappa shape index (κ1) is 13.4. The zero-order valence-electron chi connectivity index (χ0n) is 11.4. The van der Waals surface area contributed by atoms with Crippen molar-refractivity contribution in [1.29, 1.82) is 0 Å². The second-order valence-corrected chi connectivity index (χ2v) is 4.73. The highest BCUT2D eigenvalue weighted by Crippen LogP contribution is 2.22. The van der Waals surface area contributed by atoms with Crippen molar-refractivity contribution in [2.45, 2.75) is 19.1 Å². The van der Waals surface area contributed by atoms with Crippen LogP contribution < -0.4 is 4.74 Å². The molecule has 3 rings (SSSR count). The number of carbonyl (C=O) groups excluding carboxylic acids is 1. The molecule has 1 unspecified atom stereocenters. The minimum atomic E-state index is -0.591.